The molecule has 0 aromatic carbocycles. The summed E-state index contributed by atoms with van der Waals surface area (Å²) < 4.78 is 10.6. The quantitative estimate of drug-likeness (QED) is 0.896. The Morgan fingerprint density at radius 1 is 1.35 bits per heavy atom. The molecule has 1 saturated heterocycles. The maximum atomic E-state index is 9.97. The van der Waals surface area contributed by atoms with Crippen LogP contribution >= 0.6 is 0 Å². The van der Waals surface area contributed by atoms with E-state index in [4.69, 9.17) is 9.26 Å². The van der Waals surface area contributed by atoms with Gasteiger partial charge < -0.3 is 14.4 Å². The molecule has 1 aliphatic heterocycles. The van der Waals surface area contributed by atoms with E-state index in [1.54, 1.807) is 6.20 Å². The van der Waals surface area contributed by atoms with E-state index in [0.717, 1.165) is 11.1 Å². The van der Waals surface area contributed by atoms with Crippen molar-refractivity contribution in [2.45, 2.75) is 32.3 Å². The zero-order valence-corrected chi connectivity index (χ0v) is 11.5. The molecule has 1 N–H and O–H groups in total. The van der Waals surface area contributed by atoms with E-state index < -0.39 is 6.10 Å². The normalized spacial score (nSPS) is 22.9. The number of aromatic nitrogens is 3. The van der Waals surface area contributed by atoms with Gasteiger partial charge in [0, 0.05) is 12.8 Å². The van der Waals surface area contributed by atoms with Crippen LogP contribution in [0.15, 0.2) is 16.8 Å². The van der Waals surface area contributed by atoms with Crippen LogP contribution in [0.2, 0.25) is 0 Å². The van der Waals surface area contributed by atoms with Gasteiger partial charge in [-0.05, 0) is 31.4 Å². The lowest BCUT2D eigenvalue weighted by Gasteiger charge is -2.24. The van der Waals surface area contributed by atoms with Gasteiger partial charge in [0.2, 0.25) is 11.7 Å². The van der Waals surface area contributed by atoms with Crippen LogP contribution in [0, 0.1) is 13.8 Å². The molecule has 2 atom stereocenters. The van der Waals surface area contributed by atoms with E-state index in [2.05, 4.69) is 15.1 Å². The Balaban J connectivity index is 1.89. The molecule has 2 aromatic rings. The smallest absolute Gasteiger partial charge is 0.235 e. The summed E-state index contributed by atoms with van der Waals surface area (Å²) in [7, 11) is 0. The largest absolute Gasteiger partial charge is 0.392 e. The first-order valence-electron chi connectivity index (χ1n) is 6.68. The molecule has 0 spiro atoms. The van der Waals surface area contributed by atoms with Gasteiger partial charge in [0.25, 0.3) is 0 Å². The van der Waals surface area contributed by atoms with Crippen molar-refractivity contribution in [1.29, 1.82) is 0 Å². The SMILES string of the molecule is Cc1cnc(-c2noc(C3COCCC3O)n2)c(C)c1. The third kappa shape index (κ3) is 2.44. The highest BCUT2D eigenvalue weighted by molar-refractivity contribution is 5.54. The molecule has 6 nitrogen and oxygen atoms in total. The minimum Gasteiger partial charge on any atom is -0.392 e. The third-order valence-corrected chi connectivity index (χ3v) is 3.51. The van der Waals surface area contributed by atoms with E-state index in [1.165, 1.54) is 0 Å². The first-order chi connectivity index (χ1) is 9.65. The Morgan fingerprint density at radius 2 is 2.20 bits per heavy atom. The van der Waals surface area contributed by atoms with Crippen LogP contribution in [-0.2, 0) is 4.74 Å². The van der Waals surface area contributed by atoms with Gasteiger partial charge in [-0.15, -0.1) is 0 Å². The average Bonchev–Trinajstić information content (AvgIpc) is 2.88. The number of aliphatic hydroxyl groups is 1. The summed E-state index contributed by atoms with van der Waals surface area (Å²) in [4.78, 5) is 8.71. The lowest BCUT2D eigenvalue weighted by molar-refractivity contribution is -0.0149. The van der Waals surface area contributed by atoms with Crippen molar-refractivity contribution in [3.05, 3.63) is 29.3 Å². The topological polar surface area (TPSA) is 81.3 Å². The molecule has 0 aliphatic carbocycles. The van der Waals surface area contributed by atoms with Crippen molar-refractivity contribution in [2.24, 2.45) is 0 Å². The Morgan fingerprint density at radius 3 is 2.95 bits per heavy atom. The Bertz CT molecular complexity index is 611. The van der Waals surface area contributed by atoms with Gasteiger partial charge in [0.15, 0.2) is 0 Å². The van der Waals surface area contributed by atoms with Crippen molar-refractivity contribution in [1.82, 2.24) is 15.1 Å². The highest BCUT2D eigenvalue weighted by atomic mass is 16.5. The fourth-order valence-electron chi connectivity index (χ4n) is 2.39. The number of hydrogen-bond donors (Lipinski definition) is 1. The molecule has 3 heterocycles. The molecular formula is C14H17N3O3. The van der Waals surface area contributed by atoms with E-state index >= 15 is 0 Å². The zero-order chi connectivity index (χ0) is 14.1. The van der Waals surface area contributed by atoms with Crippen molar-refractivity contribution in [3.63, 3.8) is 0 Å². The Labute approximate surface area is 116 Å². The molecule has 3 rings (SSSR count). The van der Waals surface area contributed by atoms with Crippen molar-refractivity contribution in [3.8, 4) is 11.5 Å². The highest BCUT2D eigenvalue weighted by Crippen LogP contribution is 2.27. The number of rotatable bonds is 2. The predicted octanol–water partition coefficient (Wildman–Crippen LogP) is 1.61. The van der Waals surface area contributed by atoms with Gasteiger partial charge in [-0.25, -0.2) is 0 Å². The Kier molecular flexibility index (Phi) is 3.50. The monoisotopic (exact) mass is 275 g/mol. The summed E-state index contributed by atoms with van der Waals surface area (Å²) in [6, 6.07) is 2.02. The molecule has 0 saturated carbocycles. The van der Waals surface area contributed by atoms with Crippen LogP contribution < -0.4 is 0 Å². The number of ether oxygens (including phenoxy) is 1. The van der Waals surface area contributed by atoms with Gasteiger partial charge in [0.05, 0.1) is 18.6 Å². The second kappa shape index (κ2) is 5.30. The van der Waals surface area contributed by atoms with Crippen LogP contribution in [-0.4, -0.2) is 39.5 Å². The number of hydrogen-bond acceptors (Lipinski definition) is 6. The van der Waals surface area contributed by atoms with Crippen molar-refractivity contribution >= 4 is 0 Å². The first-order valence-corrected chi connectivity index (χ1v) is 6.68. The van der Waals surface area contributed by atoms with Gasteiger partial charge in [-0.1, -0.05) is 11.2 Å². The van der Waals surface area contributed by atoms with Crippen LogP contribution in [0.5, 0.6) is 0 Å². The lowest BCUT2D eigenvalue weighted by Crippen LogP contribution is -2.30. The highest BCUT2D eigenvalue weighted by Gasteiger charge is 2.30. The van der Waals surface area contributed by atoms with E-state index in [0.29, 0.717) is 37.0 Å². The second-order valence-electron chi connectivity index (χ2n) is 5.17. The van der Waals surface area contributed by atoms with E-state index in [9.17, 15) is 5.11 Å². The standard InChI is InChI=1S/C14H17N3O3/c1-8-5-9(2)12(15-6-8)13-16-14(20-17-13)10-7-19-4-3-11(10)18/h5-6,10-11,18H,3-4,7H2,1-2H3. The summed E-state index contributed by atoms with van der Waals surface area (Å²) in [6.45, 7) is 4.92. The van der Waals surface area contributed by atoms with Crippen molar-refractivity contribution < 1.29 is 14.4 Å². The average molecular weight is 275 g/mol. The molecular weight excluding hydrogens is 258 g/mol. The second-order valence-corrected chi connectivity index (χ2v) is 5.17. The maximum Gasteiger partial charge on any atom is 0.235 e. The molecule has 0 amide bonds. The zero-order valence-electron chi connectivity index (χ0n) is 11.5. The molecule has 106 valence electrons. The van der Waals surface area contributed by atoms with Crippen molar-refractivity contribution in [2.75, 3.05) is 13.2 Å². The number of nitrogens with zero attached hydrogens (tertiary/aromatic N) is 3. The minimum absolute atomic E-state index is 0.254. The van der Waals surface area contributed by atoms with E-state index in [1.807, 2.05) is 19.9 Å². The fraction of sp³-hybridized carbons (Fsp3) is 0.500. The first kappa shape index (κ1) is 13.2. The van der Waals surface area contributed by atoms with Crippen LogP contribution in [0.4, 0.5) is 0 Å². The van der Waals surface area contributed by atoms with Gasteiger partial charge in [-0.3, -0.25) is 4.98 Å². The van der Waals surface area contributed by atoms with Crippen LogP contribution in [0.1, 0.15) is 29.4 Å². The van der Waals surface area contributed by atoms with Crippen LogP contribution in [0.25, 0.3) is 11.5 Å². The number of aryl methyl sites for hydroxylation is 2. The summed E-state index contributed by atoms with van der Waals surface area (Å²) in [5.74, 6) is 0.611. The number of aliphatic hydroxyl groups excluding tert-OH is 1. The molecule has 1 fully saturated rings. The predicted molar refractivity (Wildman–Crippen MR) is 71.2 cm³/mol. The maximum absolute atomic E-state index is 9.97. The minimum atomic E-state index is -0.496. The van der Waals surface area contributed by atoms with Crippen LogP contribution in [0.3, 0.4) is 0 Å². The molecule has 20 heavy (non-hydrogen) atoms. The molecule has 2 unspecified atom stereocenters. The summed E-state index contributed by atoms with van der Waals surface area (Å²) in [5, 5.41) is 13.9. The van der Waals surface area contributed by atoms with Gasteiger partial charge >= 0.3 is 0 Å². The lowest BCUT2D eigenvalue weighted by atomic mass is 9.99. The van der Waals surface area contributed by atoms with Gasteiger partial charge in [0.1, 0.15) is 5.69 Å². The molecule has 6 heteroatoms. The fourth-order valence-corrected chi connectivity index (χ4v) is 2.39. The third-order valence-electron chi connectivity index (χ3n) is 3.51. The molecule has 2 aromatic heterocycles. The summed E-state index contributed by atoms with van der Waals surface area (Å²) in [6.07, 6.45) is 1.87. The molecule has 0 bridgehead atoms. The van der Waals surface area contributed by atoms with E-state index in [-0.39, 0.29) is 5.92 Å². The molecule has 0 radical (unpaired) electrons. The number of pyridine rings is 1. The molecule has 1 aliphatic rings. The Hall–Kier alpha value is -1.79. The summed E-state index contributed by atoms with van der Waals surface area (Å²) >= 11 is 0. The van der Waals surface area contributed by atoms with Gasteiger partial charge in [-0.2, -0.15) is 4.98 Å². The summed E-state index contributed by atoms with van der Waals surface area (Å²) in [5.41, 5.74) is 2.79.